The van der Waals surface area contributed by atoms with Gasteiger partial charge in [-0.2, -0.15) is 0 Å². The zero-order chi connectivity index (χ0) is 14.1. The van der Waals surface area contributed by atoms with Gasteiger partial charge in [-0.1, -0.05) is 30.3 Å². The largest absolute Gasteiger partial charge is 0.486 e. The summed E-state index contributed by atoms with van der Waals surface area (Å²) in [5.41, 5.74) is 2.98. The van der Waals surface area contributed by atoms with Crippen LogP contribution in [-0.2, 0) is 6.61 Å². The number of ether oxygens (including phenoxy) is 1. The summed E-state index contributed by atoms with van der Waals surface area (Å²) in [5.74, 6) is 1.52. The van der Waals surface area contributed by atoms with Crippen molar-refractivity contribution < 1.29 is 9.15 Å². The first-order chi connectivity index (χ1) is 10.4. The molecule has 0 bridgehead atoms. The summed E-state index contributed by atoms with van der Waals surface area (Å²) in [5, 5.41) is 0. The van der Waals surface area contributed by atoms with Crippen molar-refractivity contribution in [2.24, 2.45) is 0 Å². The standard InChI is InChI=1S/C17H12N2O2/c1-2-6-12(7-3-1)20-11-13-10-16-17(21-13)19-15-9-5-4-8-14(15)18-16/h1-10H,11H2. The predicted molar refractivity (Wildman–Crippen MR) is 80.1 cm³/mol. The van der Waals surface area contributed by atoms with Crippen LogP contribution in [0.4, 0.5) is 0 Å². The van der Waals surface area contributed by atoms with Gasteiger partial charge in [0.2, 0.25) is 5.71 Å². The number of para-hydroxylation sites is 3. The van der Waals surface area contributed by atoms with Crippen molar-refractivity contribution in [3.8, 4) is 5.75 Å². The van der Waals surface area contributed by atoms with Crippen molar-refractivity contribution in [3.05, 3.63) is 66.4 Å². The molecule has 0 fully saturated rings. The molecule has 0 atom stereocenters. The maximum atomic E-state index is 5.70. The van der Waals surface area contributed by atoms with Crippen LogP contribution in [0.2, 0.25) is 0 Å². The lowest BCUT2D eigenvalue weighted by Crippen LogP contribution is -1.92. The third kappa shape index (κ3) is 2.31. The Bertz CT molecular complexity index is 848. The minimum Gasteiger partial charge on any atom is -0.486 e. The van der Waals surface area contributed by atoms with Gasteiger partial charge in [-0.3, -0.25) is 0 Å². The number of aromatic nitrogens is 2. The van der Waals surface area contributed by atoms with Crippen LogP contribution in [0.3, 0.4) is 0 Å². The molecule has 0 saturated heterocycles. The smallest absolute Gasteiger partial charge is 0.246 e. The van der Waals surface area contributed by atoms with Crippen molar-refractivity contribution >= 4 is 22.3 Å². The Morgan fingerprint density at radius 1 is 0.810 bits per heavy atom. The first kappa shape index (κ1) is 11.9. The lowest BCUT2D eigenvalue weighted by molar-refractivity contribution is 0.274. The molecule has 21 heavy (non-hydrogen) atoms. The van der Waals surface area contributed by atoms with Gasteiger partial charge in [0.25, 0.3) is 0 Å². The Kier molecular flexibility index (Phi) is 2.78. The minimum absolute atomic E-state index is 0.360. The van der Waals surface area contributed by atoms with Gasteiger partial charge in [0, 0.05) is 6.07 Å². The van der Waals surface area contributed by atoms with Gasteiger partial charge in [0.15, 0.2) is 0 Å². The van der Waals surface area contributed by atoms with Crippen molar-refractivity contribution in [2.45, 2.75) is 6.61 Å². The maximum absolute atomic E-state index is 5.70. The average Bonchev–Trinajstić information content (AvgIpc) is 2.93. The molecule has 102 valence electrons. The van der Waals surface area contributed by atoms with Crippen LogP contribution in [-0.4, -0.2) is 9.97 Å². The van der Waals surface area contributed by atoms with Crippen LogP contribution in [0.1, 0.15) is 5.76 Å². The fourth-order valence-electron chi connectivity index (χ4n) is 2.22. The van der Waals surface area contributed by atoms with Crippen molar-refractivity contribution in [1.82, 2.24) is 9.97 Å². The molecule has 0 saturated carbocycles. The summed E-state index contributed by atoms with van der Waals surface area (Å²) in [7, 11) is 0. The Morgan fingerprint density at radius 2 is 1.52 bits per heavy atom. The quantitative estimate of drug-likeness (QED) is 0.568. The first-order valence-corrected chi connectivity index (χ1v) is 6.71. The van der Waals surface area contributed by atoms with E-state index < -0.39 is 0 Å². The molecule has 0 spiro atoms. The van der Waals surface area contributed by atoms with E-state index in [2.05, 4.69) is 9.97 Å². The third-order valence-electron chi connectivity index (χ3n) is 3.21. The number of benzene rings is 2. The molecule has 4 heteroatoms. The molecule has 0 aliphatic rings. The molecule has 4 rings (SSSR count). The Morgan fingerprint density at radius 3 is 2.33 bits per heavy atom. The SMILES string of the molecule is c1ccc(OCc2cc3nc4ccccc4nc3o2)cc1. The van der Waals surface area contributed by atoms with Crippen LogP contribution in [0.5, 0.6) is 5.75 Å². The molecule has 2 aromatic carbocycles. The molecule has 0 aliphatic carbocycles. The van der Waals surface area contributed by atoms with Crippen LogP contribution in [0.15, 0.2) is 65.1 Å². The highest BCUT2D eigenvalue weighted by atomic mass is 16.5. The average molecular weight is 276 g/mol. The Balaban J connectivity index is 1.65. The summed E-state index contributed by atoms with van der Waals surface area (Å²) in [6, 6.07) is 19.3. The second-order valence-corrected chi connectivity index (χ2v) is 4.72. The van der Waals surface area contributed by atoms with E-state index in [1.54, 1.807) is 0 Å². The summed E-state index contributed by atoms with van der Waals surface area (Å²) >= 11 is 0. The van der Waals surface area contributed by atoms with Gasteiger partial charge in [0.05, 0.1) is 11.0 Å². The van der Waals surface area contributed by atoms with Crippen LogP contribution in [0.25, 0.3) is 22.3 Å². The molecule has 0 N–H and O–H groups in total. The number of hydrogen-bond donors (Lipinski definition) is 0. The van der Waals surface area contributed by atoms with Crippen molar-refractivity contribution in [2.75, 3.05) is 0 Å². The van der Waals surface area contributed by atoms with E-state index in [4.69, 9.17) is 9.15 Å². The van der Waals surface area contributed by atoms with Crippen LogP contribution < -0.4 is 4.74 Å². The fourth-order valence-corrected chi connectivity index (χ4v) is 2.22. The molecule has 0 aliphatic heterocycles. The zero-order valence-corrected chi connectivity index (χ0v) is 11.2. The molecule has 0 radical (unpaired) electrons. The van der Waals surface area contributed by atoms with Gasteiger partial charge in [-0.25, -0.2) is 9.97 Å². The highest BCUT2D eigenvalue weighted by Gasteiger charge is 2.08. The monoisotopic (exact) mass is 276 g/mol. The highest BCUT2D eigenvalue weighted by Crippen LogP contribution is 2.20. The second kappa shape index (κ2) is 4.90. The summed E-state index contributed by atoms with van der Waals surface area (Å²) in [6.45, 7) is 0.360. The van der Waals surface area contributed by atoms with Gasteiger partial charge in [-0.15, -0.1) is 0 Å². The molecule has 2 heterocycles. The summed E-state index contributed by atoms with van der Waals surface area (Å²) in [6.07, 6.45) is 0. The second-order valence-electron chi connectivity index (χ2n) is 4.72. The van der Waals surface area contributed by atoms with Gasteiger partial charge in [0.1, 0.15) is 23.6 Å². The molecule has 0 amide bonds. The van der Waals surface area contributed by atoms with E-state index in [-0.39, 0.29) is 0 Å². The number of nitrogens with zero attached hydrogens (tertiary/aromatic N) is 2. The van der Waals surface area contributed by atoms with Gasteiger partial charge in [-0.05, 0) is 24.3 Å². The van der Waals surface area contributed by atoms with Gasteiger partial charge < -0.3 is 9.15 Å². The number of furan rings is 1. The number of hydrogen-bond acceptors (Lipinski definition) is 4. The van der Waals surface area contributed by atoms with E-state index in [9.17, 15) is 0 Å². The Labute approximate surface area is 121 Å². The van der Waals surface area contributed by atoms with Crippen molar-refractivity contribution in [1.29, 1.82) is 0 Å². The zero-order valence-electron chi connectivity index (χ0n) is 11.2. The highest BCUT2D eigenvalue weighted by molar-refractivity contribution is 5.83. The predicted octanol–water partition coefficient (Wildman–Crippen LogP) is 3.96. The third-order valence-corrected chi connectivity index (χ3v) is 3.21. The molecule has 4 nitrogen and oxygen atoms in total. The van der Waals surface area contributed by atoms with Crippen LogP contribution in [0, 0.1) is 0 Å². The van der Waals surface area contributed by atoms with E-state index in [0.717, 1.165) is 22.3 Å². The fraction of sp³-hybridized carbons (Fsp3) is 0.0588. The summed E-state index contributed by atoms with van der Waals surface area (Å²) in [4.78, 5) is 9.01. The van der Waals surface area contributed by atoms with Crippen molar-refractivity contribution in [3.63, 3.8) is 0 Å². The number of fused-ring (bicyclic) bond motifs is 2. The number of rotatable bonds is 3. The van der Waals surface area contributed by atoms with E-state index in [0.29, 0.717) is 18.1 Å². The maximum Gasteiger partial charge on any atom is 0.246 e. The van der Waals surface area contributed by atoms with Crippen LogP contribution >= 0.6 is 0 Å². The van der Waals surface area contributed by atoms with Gasteiger partial charge >= 0.3 is 0 Å². The lowest BCUT2D eigenvalue weighted by atomic mass is 10.3. The lowest BCUT2D eigenvalue weighted by Gasteiger charge is -2.02. The minimum atomic E-state index is 0.360. The van der Waals surface area contributed by atoms with E-state index in [1.165, 1.54) is 0 Å². The molecular weight excluding hydrogens is 264 g/mol. The normalized spacial score (nSPS) is 11.0. The molecular formula is C17H12N2O2. The van der Waals surface area contributed by atoms with E-state index in [1.807, 2.05) is 60.7 Å². The molecule has 0 unspecified atom stereocenters. The molecule has 4 aromatic rings. The van der Waals surface area contributed by atoms with E-state index >= 15 is 0 Å². The summed E-state index contributed by atoms with van der Waals surface area (Å²) < 4.78 is 11.4. The first-order valence-electron chi connectivity index (χ1n) is 6.71. The topological polar surface area (TPSA) is 48.2 Å². The molecule has 2 aromatic heterocycles. The Hall–Kier alpha value is -2.88.